The van der Waals surface area contributed by atoms with Crippen LogP contribution < -0.4 is 5.32 Å². The van der Waals surface area contributed by atoms with Crippen molar-refractivity contribution in [3.63, 3.8) is 0 Å². The molecule has 2 aromatic heterocycles. The Labute approximate surface area is 324 Å². The quantitative estimate of drug-likeness (QED) is 0.161. The summed E-state index contributed by atoms with van der Waals surface area (Å²) in [6.45, 7) is 0. The summed E-state index contributed by atoms with van der Waals surface area (Å²) in [5.41, 5.74) is 14.0. The fraction of sp³-hybridized carbons (Fsp3) is 0. The third kappa shape index (κ3) is 5.98. The Morgan fingerprint density at radius 1 is 0.500 bits per heavy atom. The second-order valence-electron chi connectivity index (χ2n) is 13.8. The van der Waals surface area contributed by atoms with Crippen molar-refractivity contribution >= 4 is 50.7 Å². The van der Waals surface area contributed by atoms with Crippen molar-refractivity contribution < 1.29 is 4.42 Å². The van der Waals surface area contributed by atoms with Crippen LogP contribution in [0.4, 0.5) is 0 Å². The van der Waals surface area contributed by atoms with Gasteiger partial charge in [-0.1, -0.05) is 170 Å². The summed E-state index contributed by atoms with van der Waals surface area (Å²) < 4.78 is 6.42. The van der Waals surface area contributed by atoms with E-state index in [4.69, 9.17) is 14.4 Å². The van der Waals surface area contributed by atoms with Crippen LogP contribution in [0.25, 0.3) is 78.9 Å². The van der Waals surface area contributed by atoms with Crippen LogP contribution in [-0.2, 0) is 0 Å². The second kappa shape index (κ2) is 14.0. The van der Waals surface area contributed by atoms with Crippen LogP contribution in [0, 0.1) is 5.41 Å². The topological polar surface area (TPSA) is 74.8 Å². The molecular formula is C51H34N4O. The van der Waals surface area contributed by atoms with Crippen molar-refractivity contribution in [3.8, 4) is 33.9 Å². The highest BCUT2D eigenvalue weighted by atomic mass is 16.3. The van der Waals surface area contributed by atoms with E-state index in [0.29, 0.717) is 11.5 Å². The first-order valence-corrected chi connectivity index (χ1v) is 18.7. The van der Waals surface area contributed by atoms with Crippen LogP contribution in [-0.4, -0.2) is 15.7 Å². The van der Waals surface area contributed by atoms with Gasteiger partial charge in [-0.05, 0) is 41.0 Å². The van der Waals surface area contributed by atoms with Crippen molar-refractivity contribution in [1.82, 2.24) is 15.3 Å². The first-order valence-electron chi connectivity index (χ1n) is 18.7. The molecule has 2 N–H and O–H groups in total. The van der Waals surface area contributed by atoms with Gasteiger partial charge in [0.15, 0.2) is 5.82 Å². The molecule has 5 heteroatoms. The predicted octanol–water partition coefficient (Wildman–Crippen LogP) is 12.4. The Bertz CT molecular complexity index is 2980. The molecule has 0 fully saturated rings. The molecule has 0 saturated carbocycles. The fourth-order valence-electron chi connectivity index (χ4n) is 7.58. The highest BCUT2D eigenvalue weighted by Crippen LogP contribution is 2.38. The molecule has 0 amide bonds. The van der Waals surface area contributed by atoms with Crippen molar-refractivity contribution in [3.05, 3.63) is 216 Å². The molecule has 0 aliphatic carbocycles. The molecule has 1 aliphatic heterocycles. The lowest BCUT2D eigenvalue weighted by atomic mass is 9.88. The molecule has 0 radical (unpaired) electrons. The van der Waals surface area contributed by atoms with Crippen molar-refractivity contribution in [2.45, 2.75) is 0 Å². The summed E-state index contributed by atoms with van der Waals surface area (Å²) in [6.07, 6.45) is 2.18. The first kappa shape index (κ1) is 33.0. The summed E-state index contributed by atoms with van der Waals surface area (Å²) >= 11 is 0. The van der Waals surface area contributed by atoms with Crippen molar-refractivity contribution in [1.29, 1.82) is 5.41 Å². The Kier molecular flexibility index (Phi) is 8.23. The molecule has 264 valence electrons. The van der Waals surface area contributed by atoms with Gasteiger partial charge in [0.1, 0.15) is 11.2 Å². The molecule has 1 aliphatic rings. The van der Waals surface area contributed by atoms with Gasteiger partial charge in [-0.25, -0.2) is 9.97 Å². The third-order valence-corrected chi connectivity index (χ3v) is 10.3. The number of nitrogens with one attached hydrogen (secondary N) is 2. The van der Waals surface area contributed by atoms with E-state index in [-0.39, 0.29) is 0 Å². The number of fused-ring (bicyclic) bond motifs is 4. The highest BCUT2D eigenvalue weighted by molar-refractivity contribution is 6.36. The number of furan rings is 1. The standard InChI is InChI=1S/C51H34N4O/c52-48(47(36-19-8-3-9-20-36)49-39-22-11-10-21-38(39)31-43(53-49)33-15-4-1-5-16-33)37-29-27-35(28-30-37)45-32-44(34-17-6-2-7-18-34)54-51(55-45)42-25-14-24-41-40-23-12-13-26-46(40)56-50(41)42/h1-32,52-53H/b49-47-,52-48?. The minimum Gasteiger partial charge on any atom is -0.455 e. The number of hydrogen-bond donors (Lipinski definition) is 2. The van der Waals surface area contributed by atoms with Crippen LogP contribution >= 0.6 is 0 Å². The van der Waals surface area contributed by atoms with E-state index in [2.05, 4.69) is 96.3 Å². The molecular weight excluding hydrogens is 685 g/mol. The van der Waals surface area contributed by atoms with E-state index in [9.17, 15) is 5.41 Å². The lowest BCUT2D eigenvalue weighted by Crippen LogP contribution is -2.20. The number of aromatic nitrogens is 2. The summed E-state index contributed by atoms with van der Waals surface area (Å²) in [7, 11) is 0. The molecule has 10 rings (SSSR count). The normalized spacial score (nSPS) is 13.2. The van der Waals surface area contributed by atoms with Gasteiger partial charge in [-0.15, -0.1) is 0 Å². The lowest BCUT2D eigenvalue weighted by Gasteiger charge is -2.26. The summed E-state index contributed by atoms with van der Waals surface area (Å²) in [6, 6.07) is 63.5. The molecule has 56 heavy (non-hydrogen) atoms. The number of nitrogens with zero attached hydrogens (tertiary/aromatic N) is 2. The number of para-hydroxylation sites is 2. The Morgan fingerprint density at radius 3 is 1.84 bits per heavy atom. The van der Waals surface area contributed by atoms with E-state index in [1.165, 1.54) is 0 Å². The van der Waals surface area contributed by atoms with Gasteiger partial charge in [0.25, 0.3) is 0 Å². The van der Waals surface area contributed by atoms with Crippen molar-refractivity contribution in [2.24, 2.45) is 0 Å². The number of allylic oxidation sites excluding steroid dienone is 1. The van der Waals surface area contributed by atoms with Gasteiger partial charge < -0.3 is 9.73 Å². The molecule has 5 nitrogen and oxygen atoms in total. The van der Waals surface area contributed by atoms with E-state index in [1.807, 2.05) is 103 Å². The largest absolute Gasteiger partial charge is 0.455 e. The van der Waals surface area contributed by atoms with E-state index in [1.54, 1.807) is 0 Å². The number of benzene rings is 7. The summed E-state index contributed by atoms with van der Waals surface area (Å²) in [4.78, 5) is 10.3. The van der Waals surface area contributed by atoms with Crippen LogP contribution in [0.5, 0.6) is 0 Å². The summed E-state index contributed by atoms with van der Waals surface area (Å²) in [5.74, 6) is 0.586. The third-order valence-electron chi connectivity index (χ3n) is 10.3. The van der Waals surface area contributed by atoms with Crippen LogP contribution in [0.2, 0.25) is 0 Å². The average Bonchev–Trinajstić information content (AvgIpc) is 3.66. The van der Waals surface area contributed by atoms with Gasteiger partial charge >= 0.3 is 0 Å². The minimum absolute atomic E-state index is 0.416. The van der Waals surface area contributed by atoms with Gasteiger partial charge in [0, 0.05) is 44.3 Å². The average molecular weight is 719 g/mol. The van der Waals surface area contributed by atoms with Crippen LogP contribution in [0.15, 0.2) is 192 Å². The zero-order valence-electron chi connectivity index (χ0n) is 30.3. The van der Waals surface area contributed by atoms with Crippen molar-refractivity contribution in [2.75, 3.05) is 0 Å². The van der Waals surface area contributed by atoms with E-state index < -0.39 is 0 Å². The Hall–Kier alpha value is -7.63. The SMILES string of the molecule is N=C(/C(=C1\NC(c2ccccc2)=Cc2ccccc21)c1ccccc1)c1ccc(-c2cc(-c3ccccc3)nc(-c3cccc4c3oc3ccccc34)n2)cc1. The van der Waals surface area contributed by atoms with Gasteiger partial charge in [0.2, 0.25) is 0 Å². The summed E-state index contributed by atoms with van der Waals surface area (Å²) in [5, 5.41) is 15.7. The minimum atomic E-state index is 0.416. The molecule has 3 heterocycles. The Balaban J connectivity index is 1.08. The van der Waals surface area contributed by atoms with E-state index in [0.717, 1.165) is 94.8 Å². The maximum Gasteiger partial charge on any atom is 0.164 e. The van der Waals surface area contributed by atoms with Crippen LogP contribution in [0.1, 0.15) is 27.8 Å². The molecule has 0 bridgehead atoms. The molecule has 0 atom stereocenters. The lowest BCUT2D eigenvalue weighted by molar-refractivity contribution is 0.669. The predicted molar refractivity (Wildman–Crippen MR) is 230 cm³/mol. The monoisotopic (exact) mass is 718 g/mol. The highest BCUT2D eigenvalue weighted by Gasteiger charge is 2.24. The molecule has 9 aromatic rings. The maximum atomic E-state index is 9.81. The van der Waals surface area contributed by atoms with Gasteiger partial charge in [-0.2, -0.15) is 0 Å². The molecule has 0 unspecified atom stereocenters. The smallest absolute Gasteiger partial charge is 0.164 e. The zero-order valence-corrected chi connectivity index (χ0v) is 30.3. The Morgan fingerprint density at radius 2 is 1.09 bits per heavy atom. The van der Waals surface area contributed by atoms with Crippen LogP contribution in [0.3, 0.4) is 0 Å². The molecule has 0 spiro atoms. The molecule has 7 aromatic carbocycles. The molecule has 0 saturated heterocycles. The fourth-order valence-corrected chi connectivity index (χ4v) is 7.58. The second-order valence-corrected chi connectivity index (χ2v) is 13.8. The van der Waals surface area contributed by atoms with Gasteiger partial charge in [-0.3, -0.25) is 5.41 Å². The zero-order chi connectivity index (χ0) is 37.4. The number of rotatable bonds is 7. The van der Waals surface area contributed by atoms with E-state index >= 15 is 0 Å². The number of hydrogen-bond acceptors (Lipinski definition) is 5. The van der Waals surface area contributed by atoms with Gasteiger partial charge in [0.05, 0.1) is 28.4 Å². The maximum absolute atomic E-state index is 9.81. The first-order chi connectivity index (χ1) is 27.7.